The Balaban J connectivity index is 1.68. The summed E-state index contributed by atoms with van der Waals surface area (Å²) in [5, 5.41) is 7.96. The second-order valence-electron chi connectivity index (χ2n) is 5.40. The molecule has 2 rings (SSSR count). The van der Waals surface area contributed by atoms with Crippen LogP contribution in [-0.4, -0.2) is 17.4 Å². The molecular weight excluding hydrogens is 344 g/mol. The van der Waals surface area contributed by atoms with Crippen molar-refractivity contribution in [1.82, 2.24) is 5.32 Å². The molecule has 0 heterocycles. The Morgan fingerprint density at radius 1 is 1.13 bits per heavy atom. The molecular formula is C18H21ClN2S2. The molecule has 5 heteroatoms. The molecule has 0 bridgehead atoms. The molecule has 0 aliphatic carbocycles. The van der Waals surface area contributed by atoms with E-state index < -0.39 is 0 Å². The molecule has 0 radical (unpaired) electrons. The summed E-state index contributed by atoms with van der Waals surface area (Å²) in [6.07, 6.45) is 0. The van der Waals surface area contributed by atoms with E-state index in [2.05, 4.69) is 48.7 Å². The average Bonchev–Trinajstić information content (AvgIpc) is 2.47. The van der Waals surface area contributed by atoms with Gasteiger partial charge >= 0.3 is 0 Å². The van der Waals surface area contributed by atoms with Crippen LogP contribution in [0.5, 0.6) is 0 Å². The average molecular weight is 365 g/mol. The Bertz CT molecular complexity index is 654. The van der Waals surface area contributed by atoms with E-state index in [0.717, 1.165) is 28.8 Å². The number of anilines is 1. The highest BCUT2D eigenvalue weighted by atomic mass is 35.5. The predicted octanol–water partition coefficient (Wildman–Crippen LogP) is 5.18. The second kappa shape index (κ2) is 9.16. The molecule has 0 aromatic heterocycles. The molecule has 0 unspecified atom stereocenters. The van der Waals surface area contributed by atoms with Crippen molar-refractivity contribution in [2.75, 3.05) is 17.6 Å². The maximum atomic E-state index is 6.14. The minimum Gasteiger partial charge on any atom is -0.362 e. The van der Waals surface area contributed by atoms with Crippen molar-refractivity contribution in [2.45, 2.75) is 19.6 Å². The quantitative estimate of drug-likeness (QED) is 0.545. The van der Waals surface area contributed by atoms with Crippen LogP contribution >= 0.6 is 35.6 Å². The van der Waals surface area contributed by atoms with Crippen molar-refractivity contribution in [1.29, 1.82) is 0 Å². The Hall–Kier alpha value is -1.23. The molecule has 122 valence electrons. The molecule has 0 fully saturated rings. The van der Waals surface area contributed by atoms with Crippen LogP contribution in [0, 0.1) is 13.8 Å². The number of halogens is 1. The molecule has 0 saturated carbocycles. The number of hydrogen-bond donors (Lipinski definition) is 2. The van der Waals surface area contributed by atoms with Crippen LogP contribution in [0.2, 0.25) is 5.02 Å². The monoisotopic (exact) mass is 364 g/mol. The Morgan fingerprint density at radius 3 is 2.52 bits per heavy atom. The van der Waals surface area contributed by atoms with Crippen LogP contribution in [0.3, 0.4) is 0 Å². The summed E-state index contributed by atoms with van der Waals surface area (Å²) in [7, 11) is 0. The van der Waals surface area contributed by atoms with Crippen molar-refractivity contribution < 1.29 is 0 Å². The van der Waals surface area contributed by atoms with Gasteiger partial charge < -0.3 is 10.6 Å². The van der Waals surface area contributed by atoms with Gasteiger partial charge in [0.05, 0.1) is 0 Å². The summed E-state index contributed by atoms with van der Waals surface area (Å²) in [5.41, 5.74) is 4.66. The first kappa shape index (κ1) is 18.1. The third-order valence-corrected chi connectivity index (χ3v) is 4.85. The number of hydrogen-bond acceptors (Lipinski definition) is 2. The first-order valence-electron chi connectivity index (χ1n) is 7.49. The van der Waals surface area contributed by atoms with Gasteiger partial charge in [-0.3, -0.25) is 0 Å². The zero-order valence-electron chi connectivity index (χ0n) is 13.4. The molecule has 2 nitrogen and oxygen atoms in total. The molecule has 0 aliphatic heterocycles. The van der Waals surface area contributed by atoms with Gasteiger partial charge in [-0.15, -0.1) is 0 Å². The largest absolute Gasteiger partial charge is 0.362 e. The maximum absolute atomic E-state index is 6.14. The van der Waals surface area contributed by atoms with Gasteiger partial charge in [-0.05, 0) is 61.0 Å². The van der Waals surface area contributed by atoms with E-state index in [-0.39, 0.29) is 0 Å². The number of thioether (sulfide) groups is 1. The number of thiocarbonyl (C=S) groups is 1. The van der Waals surface area contributed by atoms with Crippen LogP contribution in [0.4, 0.5) is 5.69 Å². The Labute approximate surface area is 153 Å². The number of nitrogens with one attached hydrogen (secondary N) is 2. The van der Waals surface area contributed by atoms with Crippen LogP contribution in [0.15, 0.2) is 42.5 Å². The van der Waals surface area contributed by atoms with Crippen molar-refractivity contribution in [2.24, 2.45) is 0 Å². The van der Waals surface area contributed by atoms with Crippen molar-refractivity contribution in [3.05, 3.63) is 64.2 Å². The summed E-state index contributed by atoms with van der Waals surface area (Å²) in [4.78, 5) is 0. The van der Waals surface area contributed by atoms with Crippen LogP contribution in [0.1, 0.15) is 16.7 Å². The van der Waals surface area contributed by atoms with E-state index in [1.165, 1.54) is 16.7 Å². The molecule has 2 N–H and O–H groups in total. The third-order valence-electron chi connectivity index (χ3n) is 3.23. The van der Waals surface area contributed by atoms with E-state index in [0.29, 0.717) is 5.11 Å². The van der Waals surface area contributed by atoms with Gasteiger partial charge in [-0.2, -0.15) is 11.8 Å². The summed E-state index contributed by atoms with van der Waals surface area (Å²) in [6.45, 7) is 4.99. The van der Waals surface area contributed by atoms with Crippen LogP contribution < -0.4 is 10.6 Å². The lowest BCUT2D eigenvalue weighted by molar-refractivity contribution is 0.989. The van der Waals surface area contributed by atoms with Crippen LogP contribution in [-0.2, 0) is 5.75 Å². The molecule has 23 heavy (non-hydrogen) atoms. The highest BCUT2D eigenvalue weighted by Crippen LogP contribution is 2.20. The lowest BCUT2D eigenvalue weighted by Crippen LogP contribution is -2.30. The fourth-order valence-corrected chi connectivity index (χ4v) is 3.62. The van der Waals surface area contributed by atoms with Gasteiger partial charge in [-0.1, -0.05) is 35.9 Å². The zero-order chi connectivity index (χ0) is 16.7. The smallest absolute Gasteiger partial charge is 0.170 e. The van der Waals surface area contributed by atoms with Gasteiger partial charge in [0.15, 0.2) is 5.11 Å². The summed E-state index contributed by atoms with van der Waals surface area (Å²) in [6, 6.07) is 14.3. The van der Waals surface area contributed by atoms with E-state index >= 15 is 0 Å². The van der Waals surface area contributed by atoms with E-state index in [1.807, 2.05) is 30.0 Å². The van der Waals surface area contributed by atoms with Gasteiger partial charge in [-0.25, -0.2) is 0 Å². The Morgan fingerprint density at radius 2 is 1.83 bits per heavy atom. The predicted molar refractivity (Wildman–Crippen MR) is 108 cm³/mol. The minimum absolute atomic E-state index is 0.661. The van der Waals surface area contributed by atoms with Crippen molar-refractivity contribution in [3.8, 4) is 0 Å². The van der Waals surface area contributed by atoms with Gasteiger partial charge in [0.25, 0.3) is 0 Å². The van der Waals surface area contributed by atoms with E-state index in [4.69, 9.17) is 23.8 Å². The molecule has 2 aromatic rings. The van der Waals surface area contributed by atoms with E-state index in [1.54, 1.807) is 0 Å². The fourth-order valence-electron chi connectivity index (χ4n) is 2.26. The number of aryl methyl sites for hydroxylation is 2. The molecule has 0 spiro atoms. The molecule has 0 amide bonds. The summed E-state index contributed by atoms with van der Waals surface area (Å²) < 4.78 is 0. The van der Waals surface area contributed by atoms with Crippen molar-refractivity contribution >= 4 is 46.4 Å². The van der Waals surface area contributed by atoms with E-state index in [9.17, 15) is 0 Å². The summed E-state index contributed by atoms with van der Waals surface area (Å²) >= 11 is 13.3. The lowest BCUT2D eigenvalue weighted by atomic mass is 10.1. The van der Waals surface area contributed by atoms with Gasteiger partial charge in [0, 0.05) is 28.8 Å². The zero-order valence-corrected chi connectivity index (χ0v) is 15.7. The number of benzene rings is 2. The van der Waals surface area contributed by atoms with Gasteiger partial charge in [0.1, 0.15) is 0 Å². The fraction of sp³-hybridized carbons (Fsp3) is 0.278. The maximum Gasteiger partial charge on any atom is 0.170 e. The standard InChI is InChI=1S/C18H21ClN2S2/c1-13-9-14(2)11-16(10-13)21-18(22)20-7-8-23-12-15-5-3-4-6-17(15)19/h3-6,9-11H,7-8,12H2,1-2H3,(H2,20,21,22). The first-order valence-corrected chi connectivity index (χ1v) is 9.43. The molecule has 2 aromatic carbocycles. The summed E-state index contributed by atoms with van der Waals surface area (Å²) in [5.74, 6) is 1.89. The molecule has 0 aliphatic rings. The lowest BCUT2D eigenvalue weighted by Gasteiger charge is -2.12. The van der Waals surface area contributed by atoms with Crippen molar-refractivity contribution in [3.63, 3.8) is 0 Å². The Kier molecular flexibility index (Phi) is 7.21. The molecule has 0 saturated heterocycles. The highest BCUT2D eigenvalue weighted by Gasteiger charge is 2.01. The minimum atomic E-state index is 0.661. The first-order chi connectivity index (χ1) is 11.0. The third kappa shape index (κ3) is 6.42. The SMILES string of the molecule is Cc1cc(C)cc(NC(=S)NCCSCc2ccccc2Cl)c1. The van der Waals surface area contributed by atoms with Gasteiger partial charge in [0.2, 0.25) is 0 Å². The highest BCUT2D eigenvalue weighted by molar-refractivity contribution is 7.98. The van der Waals surface area contributed by atoms with Crippen LogP contribution in [0.25, 0.3) is 0 Å². The number of rotatable bonds is 6. The molecule has 0 atom stereocenters. The topological polar surface area (TPSA) is 24.1 Å². The normalized spacial score (nSPS) is 10.4. The second-order valence-corrected chi connectivity index (χ2v) is 7.32.